The molecule has 1 aromatic heterocycles. The lowest BCUT2D eigenvalue weighted by molar-refractivity contribution is -0.126. The molecule has 0 aliphatic carbocycles. The predicted molar refractivity (Wildman–Crippen MR) is 93.8 cm³/mol. The van der Waals surface area contributed by atoms with Crippen molar-refractivity contribution in [3.05, 3.63) is 48.3 Å². The van der Waals surface area contributed by atoms with Crippen LogP contribution in [0.4, 0.5) is 5.69 Å². The molecule has 1 fully saturated rings. The molecule has 0 radical (unpaired) electrons. The van der Waals surface area contributed by atoms with Crippen LogP contribution in [0.3, 0.4) is 0 Å². The van der Waals surface area contributed by atoms with E-state index in [0.29, 0.717) is 23.7 Å². The highest BCUT2D eigenvalue weighted by Gasteiger charge is 2.36. The summed E-state index contributed by atoms with van der Waals surface area (Å²) in [4.78, 5) is 30.9. The molecule has 7 nitrogen and oxygen atoms in total. The molecule has 26 heavy (non-hydrogen) atoms. The number of anilines is 1. The van der Waals surface area contributed by atoms with Gasteiger partial charge < -0.3 is 19.7 Å². The number of rotatable bonds is 4. The highest BCUT2D eigenvalue weighted by molar-refractivity contribution is 6.00. The van der Waals surface area contributed by atoms with Gasteiger partial charge in [0.15, 0.2) is 11.5 Å². The first-order chi connectivity index (χ1) is 12.6. The molecule has 4 rings (SSSR count). The predicted octanol–water partition coefficient (Wildman–Crippen LogP) is 2.04. The summed E-state index contributed by atoms with van der Waals surface area (Å²) in [6, 6.07) is 10.7. The molecular formula is C19H19N3O4. The van der Waals surface area contributed by atoms with Gasteiger partial charge in [-0.15, -0.1) is 0 Å². The lowest BCUT2D eigenvalue weighted by atomic mass is 10.1. The van der Waals surface area contributed by atoms with Gasteiger partial charge in [0, 0.05) is 30.9 Å². The number of fused-ring (bicyclic) bond motifs is 1. The van der Waals surface area contributed by atoms with E-state index in [1.165, 1.54) is 0 Å². The van der Waals surface area contributed by atoms with Crippen LogP contribution in [0.15, 0.2) is 42.6 Å². The van der Waals surface area contributed by atoms with E-state index in [9.17, 15) is 9.59 Å². The normalized spacial score (nSPS) is 19.5. The second kappa shape index (κ2) is 6.67. The van der Waals surface area contributed by atoms with Crippen molar-refractivity contribution in [2.45, 2.75) is 19.4 Å². The van der Waals surface area contributed by atoms with Crippen molar-refractivity contribution in [3.8, 4) is 11.5 Å². The maximum Gasteiger partial charge on any atom is 0.231 e. The minimum absolute atomic E-state index is 0.0745. The summed E-state index contributed by atoms with van der Waals surface area (Å²) in [6.45, 7) is 2.41. The highest BCUT2D eigenvalue weighted by Crippen LogP contribution is 2.37. The third-order valence-corrected chi connectivity index (χ3v) is 4.65. The molecule has 2 aliphatic heterocycles. The standard InChI is InChI=1S/C19H19N3O4/c1-12(15-4-2-3-7-20-15)21-19(24)13-8-18(23)22(10-13)14-5-6-16-17(9-14)26-11-25-16/h2-7,9,12-13H,8,10-11H2,1H3,(H,21,24)/t12-,13+/m0/s1. The Kier molecular flexibility index (Phi) is 4.20. The fraction of sp³-hybridized carbons (Fsp3) is 0.316. The molecule has 2 amide bonds. The van der Waals surface area contributed by atoms with Gasteiger partial charge in [-0.3, -0.25) is 14.6 Å². The van der Waals surface area contributed by atoms with E-state index in [1.54, 1.807) is 23.2 Å². The van der Waals surface area contributed by atoms with E-state index in [1.807, 2.05) is 31.2 Å². The number of nitrogens with one attached hydrogen (secondary N) is 1. The maximum atomic E-state index is 12.6. The Hall–Kier alpha value is -3.09. The van der Waals surface area contributed by atoms with Crippen LogP contribution in [0.1, 0.15) is 25.1 Å². The topological polar surface area (TPSA) is 80.8 Å². The summed E-state index contributed by atoms with van der Waals surface area (Å²) in [5, 5.41) is 2.95. The van der Waals surface area contributed by atoms with E-state index >= 15 is 0 Å². The van der Waals surface area contributed by atoms with Crippen LogP contribution in [0.2, 0.25) is 0 Å². The number of amides is 2. The van der Waals surface area contributed by atoms with Gasteiger partial charge in [-0.1, -0.05) is 6.07 Å². The Morgan fingerprint density at radius 3 is 2.92 bits per heavy atom. The van der Waals surface area contributed by atoms with Gasteiger partial charge in [-0.2, -0.15) is 0 Å². The molecule has 134 valence electrons. The van der Waals surface area contributed by atoms with Crippen molar-refractivity contribution in [2.24, 2.45) is 5.92 Å². The van der Waals surface area contributed by atoms with Crippen molar-refractivity contribution >= 4 is 17.5 Å². The SMILES string of the molecule is C[C@H](NC(=O)[C@@H]1CC(=O)N(c2ccc3c(c2)OCO3)C1)c1ccccn1. The van der Waals surface area contributed by atoms with Crippen molar-refractivity contribution in [2.75, 3.05) is 18.2 Å². The van der Waals surface area contributed by atoms with Gasteiger partial charge in [0.25, 0.3) is 0 Å². The van der Waals surface area contributed by atoms with Crippen LogP contribution in [0, 0.1) is 5.92 Å². The highest BCUT2D eigenvalue weighted by atomic mass is 16.7. The molecule has 0 unspecified atom stereocenters. The molecule has 7 heteroatoms. The Bertz CT molecular complexity index is 840. The van der Waals surface area contributed by atoms with Crippen LogP contribution in [-0.2, 0) is 9.59 Å². The Morgan fingerprint density at radius 1 is 1.27 bits per heavy atom. The molecule has 0 bridgehead atoms. The lowest BCUT2D eigenvalue weighted by Gasteiger charge is -2.18. The van der Waals surface area contributed by atoms with E-state index in [2.05, 4.69) is 10.3 Å². The summed E-state index contributed by atoms with van der Waals surface area (Å²) >= 11 is 0. The zero-order valence-electron chi connectivity index (χ0n) is 14.3. The average Bonchev–Trinajstić information content (AvgIpc) is 3.28. The van der Waals surface area contributed by atoms with Gasteiger partial charge in [0.05, 0.1) is 17.7 Å². The first-order valence-electron chi connectivity index (χ1n) is 8.53. The average molecular weight is 353 g/mol. The number of carbonyl (C=O) groups is 2. The maximum absolute atomic E-state index is 12.6. The Labute approximate surface area is 150 Å². The summed E-state index contributed by atoms with van der Waals surface area (Å²) < 4.78 is 10.7. The second-order valence-corrected chi connectivity index (χ2v) is 6.43. The lowest BCUT2D eigenvalue weighted by Crippen LogP contribution is -2.34. The first-order valence-corrected chi connectivity index (χ1v) is 8.53. The molecule has 2 aromatic rings. The fourth-order valence-electron chi connectivity index (χ4n) is 3.22. The number of nitrogens with zero attached hydrogens (tertiary/aromatic N) is 2. The minimum atomic E-state index is -0.390. The third-order valence-electron chi connectivity index (χ3n) is 4.65. The molecule has 2 aliphatic rings. The Balaban J connectivity index is 1.43. The van der Waals surface area contributed by atoms with E-state index in [-0.39, 0.29) is 37.0 Å². The smallest absolute Gasteiger partial charge is 0.231 e. The molecule has 0 saturated carbocycles. The first kappa shape index (κ1) is 16.4. The third kappa shape index (κ3) is 3.08. The summed E-state index contributed by atoms with van der Waals surface area (Å²) in [7, 11) is 0. The summed E-state index contributed by atoms with van der Waals surface area (Å²) in [5.74, 6) is 0.680. The van der Waals surface area contributed by atoms with E-state index < -0.39 is 0 Å². The number of hydrogen-bond donors (Lipinski definition) is 1. The molecule has 2 atom stereocenters. The minimum Gasteiger partial charge on any atom is -0.454 e. The van der Waals surface area contributed by atoms with Crippen LogP contribution in [0.5, 0.6) is 11.5 Å². The molecular weight excluding hydrogens is 334 g/mol. The molecule has 1 aromatic carbocycles. The monoisotopic (exact) mass is 353 g/mol. The van der Waals surface area contributed by atoms with E-state index in [4.69, 9.17) is 9.47 Å². The van der Waals surface area contributed by atoms with E-state index in [0.717, 1.165) is 5.69 Å². The Morgan fingerprint density at radius 2 is 2.12 bits per heavy atom. The van der Waals surface area contributed by atoms with Crippen molar-refractivity contribution in [3.63, 3.8) is 0 Å². The number of hydrogen-bond acceptors (Lipinski definition) is 5. The molecule has 3 heterocycles. The van der Waals surface area contributed by atoms with Crippen molar-refractivity contribution < 1.29 is 19.1 Å². The quantitative estimate of drug-likeness (QED) is 0.910. The van der Waals surface area contributed by atoms with Gasteiger partial charge >= 0.3 is 0 Å². The molecule has 1 saturated heterocycles. The van der Waals surface area contributed by atoms with Gasteiger partial charge in [-0.25, -0.2) is 0 Å². The largest absolute Gasteiger partial charge is 0.454 e. The fourth-order valence-corrected chi connectivity index (χ4v) is 3.22. The number of ether oxygens (including phenoxy) is 2. The zero-order chi connectivity index (χ0) is 18.1. The molecule has 1 N–H and O–H groups in total. The number of pyridine rings is 1. The van der Waals surface area contributed by atoms with Gasteiger partial charge in [0.1, 0.15) is 0 Å². The van der Waals surface area contributed by atoms with Crippen LogP contribution in [-0.4, -0.2) is 30.1 Å². The van der Waals surface area contributed by atoms with Gasteiger partial charge in [0.2, 0.25) is 18.6 Å². The molecule has 0 spiro atoms. The number of carbonyl (C=O) groups excluding carboxylic acids is 2. The zero-order valence-corrected chi connectivity index (χ0v) is 14.3. The van der Waals surface area contributed by atoms with Crippen molar-refractivity contribution in [1.29, 1.82) is 0 Å². The summed E-state index contributed by atoms with van der Waals surface area (Å²) in [6.07, 6.45) is 1.88. The summed E-state index contributed by atoms with van der Waals surface area (Å²) in [5.41, 5.74) is 1.50. The second-order valence-electron chi connectivity index (χ2n) is 6.43. The van der Waals surface area contributed by atoms with Gasteiger partial charge in [-0.05, 0) is 31.2 Å². The van der Waals surface area contributed by atoms with Crippen LogP contribution >= 0.6 is 0 Å². The van der Waals surface area contributed by atoms with Crippen LogP contribution < -0.4 is 19.7 Å². The number of aromatic nitrogens is 1. The number of benzene rings is 1. The van der Waals surface area contributed by atoms with Crippen molar-refractivity contribution in [1.82, 2.24) is 10.3 Å². The van der Waals surface area contributed by atoms with Crippen LogP contribution in [0.25, 0.3) is 0 Å².